The standard InChI is InChI=1S/C15H22NO2/c1-6-14(17)18-15(3,16(4,5)7-2)13-11-9-8-10-12-13/h6,8-12H,1,7H2,2-5H3/q+1. The van der Waals surface area contributed by atoms with Gasteiger partial charge in [-0.2, -0.15) is 0 Å². The number of ether oxygens (including phenoxy) is 1. The zero-order chi connectivity index (χ0) is 13.8. The van der Waals surface area contributed by atoms with Crippen LogP contribution in [0.3, 0.4) is 0 Å². The molecule has 0 spiro atoms. The molecule has 0 fully saturated rings. The van der Waals surface area contributed by atoms with Crippen LogP contribution in [-0.2, 0) is 15.3 Å². The van der Waals surface area contributed by atoms with Crippen LogP contribution in [0, 0.1) is 0 Å². The van der Waals surface area contributed by atoms with Crippen molar-refractivity contribution in [1.82, 2.24) is 0 Å². The lowest BCUT2D eigenvalue weighted by Crippen LogP contribution is -2.57. The minimum Gasteiger partial charge on any atom is -0.402 e. The van der Waals surface area contributed by atoms with Crippen molar-refractivity contribution < 1.29 is 14.0 Å². The summed E-state index contributed by atoms with van der Waals surface area (Å²) in [6.45, 7) is 8.32. The van der Waals surface area contributed by atoms with Crippen LogP contribution < -0.4 is 0 Å². The second kappa shape index (κ2) is 5.36. The minimum absolute atomic E-state index is 0.402. The minimum atomic E-state index is -0.721. The number of esters is 1. The summed E-state index contributed by atoms with van der Waals surface area (Å²) in [5.41, 5.74) is 0.258. The Morgan fingerprint density at radius 1 is 1.39 bits per heavy atom. The highest BCUT2D eigenvalue weighted by molar-refractivity contribution is 5.81. The Morgan fingerprint density at radius 3 is 2.39 bits per heavy atom. The molecule has 0 aliphatic heterocycles. The Labute approximate surface area is 109 Å². The molecule has 0 radical (unpaired) electrons. The van der Waals surface area contributed by atoms with Gasteiger partial charge < -0.3 is 4.74 Å². The van der Waals surface area contributed by atoms with E-state index in [-0.39, 0.29) is 0 Å². The average molecular weight is 248 g/mol. The third kappa shape index (κ3) is 2.62. The highest BCUT2D eigenvalue weighted by Gasteiger charge is 2.45. The molecule has 0 bridgehead atoms. The topological polar surface area (TPSA) is 26.3 Å². The van der Waals surface area contributed by atoms with Crippen LogP contribution in [0.4, 0.5) is 0 Å². The first kappa shape index (κ1) is 14.5. The van der Waals surface area contributed by atoms with Gasteiger partial charge in [0, 0.05) is 13.0 Å². The van der Waals surface area contributed by atoms with Crippen molar-refractivity contribution >= 4 is 5.97 Å². The van der Waals surface area contributed by atoms with Crippen LogP contribution in [0.2, 0.25) is 0 Å². The van der Waals surface area contributed by atoms with E-state index in [1.54, 1.807) is 0 Å². The molecule has 0 aliphatic rings. The van der Waals surface area contributed by atoms with Crippen molar-refractivity contribution in [3.05, 3.63) is 48.6 Å². The van der Waals surface area contributed by atoms with Gasteiger partial charge in [-0.05, 0) is 19.1 Å². The van der Waals surface area contributed by atoms with Gasteiger partial charge in [-0.1, -0.05) is 24.8 Å². The summed E-state index contributed by atoms with van der Waals surface area (Å²) in [6, 6.07) is 9.80. The monoisotopic (exact) mass is 248 g/mol. The number of quaternary nitrogens is 1. The first-order valence-corrected chi connectivity index (χ1v) is 6.11. The first-order valence-electron chi connectivity index (χ1n) is 6.11. The smallest absolute Gasteiger partial charge is 0.335 e. The third-order valence-electron chi connectivity index (χ3n) is 3.72. The summed E-state index contributed by atoms with van der Waals surface area (Å²) in [5.74, 6) is -0.402. The fraction of sp³-hybridized carbons (Fsp3) is 0.400. The van der Waals surface area contributed by atoms with E-state index < -0.39 is 11.7 Å². The second-order valence-corrected chi connectivity index (χ2v) is 4.98. The molecule has 1 aromatic rings. The van der Waals surface area contributed by atoms with Crippen LogP contribution in [-0.4, -0.2) is 31.1 Å². The van der Waals surface area contributed by atoms with Crippen molar-refractivity contribution in [1.29, 1.82) is 0 Å². The SMILES string of the molecule is C=CC(=O)OC(C)(c1ccccc1)[N+](C)(C)CC. The summed E-state index contributed by atoms with van der Waals surface area (Å²) in [4.78, 5) is 11.6. The van der Waals surface area contributed by atoms with E-state index in [1.165, 1.54) is 6.08 Å². The zero-order valence-corrected chi connectivity index (χ0v) is 11.6. The molecule has 0 heterocycles. The summed E-state index contributed by atoms with van der Waals surface area (Å²) in [7, 11) is 4.09. The van der Waals surface area contributed by atoms with Gasteiger partial charge in [0.15, 0.2) is 0 Å². The van der Waals surface area contributed by atoms with E-state index in [2.05, 4.69) is 13.5 Å². The quantitative estimate of drug-likeness (QED) is 0.346. The Balaban J connectivity index is 3.26. The van der Waals surface area contributed by atoms with Crippen molar-refractivity contribution in [3.8, 4) is 0 Å². The predicted molar refractivity (Wildman–Crippen MR) is 72.7 cm³/mol. The van der Waals surface area contributed by atoms with E-state index in [0.717, 1.165) is 12.1 Å². The van der Waals surface area contributed by atoms with Gasteiger partial charge in [0.1, 0.15) is 0 Å². The largest absolute Gasteiger partial charge is 0.402 e. The number of carbonyl (C=O) groups is 1. The molecule has 0 aliphatic carbocycles. The van der Waals surface area contributed by atoms with Crippen molar-refractivity contribution in [2.24, 2.45) is 0 Å². The van der Waals surface area contributed by atoms with Gasteiger partial charge in [-0.15, -0.1) is 0 Å². The van der Waals surface area contributed by atoms with Gasteiger partial charge in [0.25, 0.3) is 5.72 Å². The summed E-state index contributed by atoms with van der Waals surface area (Å²) >= 11 is 0. The number of rotatable bonds is 5. The molecule has 0 aromatic heterocycles. The fourth-order valence-electron chi connectivity index (χ4n) is 1.82. The van der Waals surface area contributed by atoms with E-state index in [0.29, 0.717) is 4.48 Å². The molecule has 1 aromatic carbocycles. The molecule has 0 saturated carbocycles. The average Bonchev–Trinajstić information content (AvgIpc) is 2.39. The van der Waals surface area contributed by atoms with E-state index in [1.807, 2.05) is 51.4 Å². The summed E-state index contributed by atoms with van der Waals surface area (Å²) in [6.07, 6.45) is 1.21. The molecule has 0 N–H and O–H groups in total. The molecule has 98 valence electrons. The van der Waals surface area contributed by atoms with E-state index >= 15 is 0 Å². The van der Waals surface area contributed by atoms with Gasteiger partial charge in [0.05, 0.1) is 26.2 Å². The maximum absolute atomic E-state index is 11.6. The van der Waals surface area contributed by atoms with Gasteiger partial charge in [0.2, 0.25) is 0 Å². The van der Waals surface area contributed by atoms with Crippen LogP contribution >= 0.6 is 0 Å². The number of benzene rings is 1. The van der Waals surface area contributed by atoms with Crippen LogP contribution in [0.1, 0.15) is 19.4 Å². The van der Waals surface area contributed by atoms with Crippen LogP contribution in [0.25, 0.3) is 0 Å². The Hall–Kier alpha value is -1.61. The van der Waals surface area contributed by atoms with Crippen LogP contribution in [0.5, 0.6) is 0 Å². The number of hydrogen-bond acceptors (Lipinski definition) is 2. The highest BCUT2D eigenvalue weighted by Crippen LogP contribution is 2.33. The van der Waals surface area contributed by atoms with Gasteiger partial charge >= 0.3 is 5.97 Å². The lowest BCUT2D eigenvalue weighted by atomic mass is 10.0. The van der Waals surface area contributed by atoms with E-state index in [4.69, 9.17) is 4.74 Å². The third-order valence-corrected chi connectivity index (χ3v) is 3.72. The van der Waals surface area contributed by atoms with Gasteiger partial charge in [-0.3, -0.25) is 4.48 Å². The molecule has 1 atom stereocenters. The summed E-state index contributed by atoms with van der Waals surface area (Å²) < 4.78 is 6.20. The lowest BCUT2D eigenvalue weighted by molar-refractivity contribution is -0.970. The number of nitrogens with zero attached hydrogens (tertiary/aromatic N) is 1. The molecule has 0 saturated heterocycles. The number of hydrogen-bond donors (Lipinski definition) is 0. The van der Waals surface area contributed by atoms with Crippen molar-refractivity contribution in [2.75, 3.05) is 20.6 Å². The Bertz CT molecular complexity index is 425. The van der Waals surface area contributed by atoms with E-state index in [9.17, 15) is 4.79 Å². The Kier molecular flexibility index (Phi) is 4.30. The molecule has 18 heavy (non-hydrogen) atoms. The molecule has 1 rings (SSSR count). The maximum atomic E-state index is 11.6. The molecular formula is C15H22NO2+. The predicted octanol–water partition coefficient (Wildman–Crippen LogP) is 2.68. The Morgan fingerprint density at radius 2 is 1.94 bits per heavy atom. The second-order valence-electron chi connectivity index (χ2n) is 4.98. The molecular weight excluding hydrogens is 226 g/mol. The fourth-order valence-corrected chi connectivity index (χ4v) is 1.82. The normalized spacial score (nSPS) is 14.7. The van der Waals surface area contributed by atoms with Crippen molar-refractivity contribution in [2.45, 2.75) is 19.6 Å². The molecule has 3 heteroatoms. The molecule has 0 amide bonds. The lowest BCUT2D eigenvalue weighted by Gasteiger charge is -2.44. The van der Waals surface area contributed by atoms with Gasteiger partial charge in [-0.25, -0.2) is 4.79 Å². The summed E-state index contributed by atoms with van der Waals surface area (Å²) in [5, 5.41) is 0. The number of carbonyl (C=O) groups excluding carboxylic acids is 1. The van der Waals surface area contributed by atoms with Crippen molar-refractivity contribution in [3.63, 3.8) is 0 Å². The molecule has 3 nitrogen and oxygen atoms in total. The highest BCUT2D eigenvalue weighted by atomic mass is 16.6. The molecule has 1 unspecified atom stereocenters. The zero-order valence-electron chi connectivity index (χ0n) is 11.6. The maximum Gasteiger partial charge on any atom is 0.335 e. The first-order chi connectivity index (χ1) is 8.37. The van der Waals surface area contributed by atoms with Crippen LogP contribution in [0.15, 0.2) is 43.0 Å².